The third-order valence-electron chi connectivity index (χ3n) is 5.32. The average Bonchev–Trinajstić information content (AvgIpc) is 2.44. The Hall–Kier alpha value is -0.630. The highest BCUT2D eigenvalue weighted by molar-refractivity contribution is 5.11. The van der Waals surface area contributed by atoms with Crippen LogP contribution < -0.4 is 5.32 Å². The van der Waals surface area contributed by atoms with Gasteiger partial charge in [-0.05, 0) is 53.6 Å². The molecule has 1 aliphatic carbocycles. The maximum absolute atomic E-state index is 9.46. The second-order valence-corrected chi connectivity index (χ2v) is 6.51. The lowest BCUT2D eigenvalue weighted by atomic mass is 9.79. The number of nitrogens with zero attached hydrogens (tertiary/aromatic N) is 3. The van der Waals surface area contributed by atoms with E-state index < -0.39 is 0 Å². The normalized spacial score (nSPS) is 41.9. The van der Waals surface area contributed by atoms with Crippen molar-refractivity contribution in [1.29, 1.82) is 5.26 Å². The van der Waals surface area contributed by atoms with E-state index in [9.17, 15) is 5.26 Å². The minimum atomic E-state index is -0.293. The second kappa shape index (κ2) is 5.78. The molecule has 1 saturated heterocycles. The van der Waals surface area contributed by atoms with Gasteiger partial charge in [-0.1, -0.05) is 0 Å². The lowest BCUT2D eigenvalue weighted by molar-refractivity contribution is 0.0147. The van der Waals surface area contributed by atoms with E-state index in [0.29, 0.717) is 18.1 Å². The minimum absolute atomic E-state index is 0.293. The predicted molar refractivity (Wildman–Crippen MR) is 77.9 cm³/mol. The Morgan fingerprint density at radius 1 is 1.26 bits per heavy atom. The standard InChI is InChI=1S/C15H28N4/c1-12-9-19(10-13(2)18(12)4)14-6-5-7-15(8-14,11-16)17-3/h12-14,17H,5-10H2,1-4H3. The molecule has 0 spiro atoms. The van der Waals surface area contributed by atoms with Gasteiger partial charge in [0, 0.05) is 31.2 Å². The summed E-state index contributed by atoms with van der Waals surface area (Å²) in [6.45, 7) is 6.88. The van der Waals surface area contributed by atoms with Gasteiger partial charge < -0.3 is 5.32 Å². The molecular weight excluding hydrogens is 236 g/mol. The molecule has 19 heavy (non-hydrogen) atoms. The first kappa shape index (κ1) is 14.8. The van der Waals surface area contributed by atoms with E-state index in [2.05, 4.69) is 42.1 Å². The summed E-state index contributed by atoms with van der Waals surface area (Å²) in [6.07, 6.45) is 4.38. The molecule has 4 unspecified atom stereocenters. The minimum Gasteiger partial charge on any atom is -0.302 e. The van der Waals surface area contributed by atoms with Crippen LogP contribution in [0, 0.1) is 11.3 Å². The quantitative estimate of drug-likeness (QED) is 0.819. The number of nitrogens with one attached hydrogen (secondary N) is 1. The molecular formula is C15H28N4. The van der Waals surface area contributed by atoms with Crippen LogP contribution in [0.5, 0.6) is 0 Å². The lowest BCUT2D eigenvalue weighted by Crippen LogP contribution is -2.60. The maximum Gasteiger partial charge on any atom is 0.108 e. The number of rotatable bonds is 2. The fraction of sp³-hybridized carbons (Fsp3) is 0.933. The molecule has 4 heteroatoms. The Kier molecular flexibility index (Phi) is 4.50. The van der Waals surface area contributed by atoms with Gasteiger partial charge >= 0.3 is 0 Å². The number of piperazine rings is 1. The first-order valence-corrected chi connectivity index (χ1v) is 7.57. The highest BCUT2D eigenvalue weighted by Gasteiger charge is 2.39. The van der Waals surface area contributed by atoms with Crippen LogP contribution >= 0.6 is 0 Å². The molecule has 0 bridgehead atoms. The van der Waals surface area contributed by atoms with E-state index in [0.717, 1.165) is 32.4 Å². The Balaban J connectivity index is 2.04. The van der Waals surface area contributed by atoms with Crippen molar-refractivity contribution >= 4 is 0 Å². The molecule has 0 aromatic heterocycles. The summed E-state index contributed by atoms with van der Waals surface area (Å²) < 4.78 is 0. The Morgan fingerprint density at radius 2 is 1.89 bits per heavy atom. The smallest absolute Gasteiger partial charge is 0.108 e. The zero-order chi connectivity index (χ0) is 14.0. The van der Waals surface area contributed by atoms with Crippen LogP contribution in [-0.4, -0.2) is 60.6 Å². The van der Waals surface area contributed by atoms with Gasteiger partial charge in [0.15, 0.2) is 0 Å². The van der Waals surface area contributed by atoms with Crippen molar-refractivity contribution in [2.75, 3.05) is 27.2 Å². The molecule has 2 aliphatic rings. The number of hydrogen-bond acceptors (Lipinski definition) is 4. The van der Waals surface area contributed by atoms with Crippen LogP contribution in [0.1, 0.15) is 39.5 Å². The van der Waals surface area contributed by atoms with Crippen molar-refractivity contribution in [1.82, 2.24) is 15.1 Å². The third-order valence-corrected chi connectivity index (χ3v) is 5.32. The maximum atomic E-state index is 9.46. The Morgan fingerprint density at radius 3 is 2.42 bits per heavy atom. The second-order valence-electron chi connectivity index (χ2n) is 6.51. The summed E-state index contributed by atoms with van der Waals surface area (Å²) in [5.41, 5.74) is -0.293. The molecule has 2 rings (SSSR count). The summed E-state index contributed by atoms with van der Waals surface area (Å²) in [6, 6.07) is 4.30. The molecule has 4 nitrogen and oxygen atoms in total. The zero-order valence-electron chi connectivity index (χ0n) is 12.8. The van der Waals surface area contributed by atoms with Crippen molar-refractivity contribution in [3.05, 3.63) is 0 Å². The van der Waals surface area contributed by atoms with E-state index >= 15 is 0 Å². The molecule has 0 amide bonds. The molecule has 0 aromatic carbocycles. The Bertz CT molecular complexity index is 339. The predicted octanol–water partition coefficient (Wildman–Crippen LogP) is 1.44. The van der Waals surface area contributed by atoms with Crippen molar-refractivity contribution in [3.8, 4) is 6.07 Å². The van der Waals surface area contributed by atoms with Crippen molar-refractivity contribution < 1.29 is 0 Å². The fourth-order valence-electron chi connectivity index (χ4n) is 3.69. The van der Waals surface area contributed by atoms with Crippen LogP contribution in [0.25, 0.3) is 0 Å². The molecule has 108 valence electrons. The summed E-state index contributed by atoms with van der Waals surface area (Å²) >= 11 is 0. The van der Waals surface area contributed by atoms with Gasteiger partial charge in [0.25, 0.3) is 0 Å². The molecule has 2 fully saturated rings. The third kappa shape index (κ3) is 2.94. The van der Waals surface area contributed by atoms with Gasteiger partial charge in [0.1, 0.15) is 5.54 Å². The van der Waals surface area contributed by atoms with Crippen LogP contribution in [0.4, 0.5) is 0 Å². The lowest BCUT2D eigenvalue weighted by Gasteiger charge is -2.48. The molecule has 1 saturated carbocycles. The first-order chi connectivity index (χ1) is 9.01. The van der Waals surface area contributed by atoms with E-state index in [1.165, 1.54) is 6.42 Å². The highest BCUT2D eigenvalue weighted by Crippen LogP contribution is 2.32. The molecule has 0 aromatic rings. The van der Waals surface area contributed by atoms with Crippen molar-refractivity contribution in [2.24, 2.45) is 0 Å². The molecule has 0 radical (unpaired) electrons. The SMILES string of the molecule is CNC1(C#N)CCCC(N2CC(C)N(C)C(C)C2)C1. The van der Waals surface area contributed by atoms with Gasteiger partial charge in [-0.25, -0.2) is 0 Å². The largest absolute Gasteiger partial charge is 0.302 e. The van der Waals surface area contributed by atoms with Crippen molar-refractivity contribution in [3.63, 3.8) is 0 Å². The number of likely N-dealkylation sites (N-methyl/N-ethyl adjacent to an activating group) is 1. The highest BCUT2D eigenvalue weighted by atomic mass is 15.3. The van der Waals surface area contributed by atoms with Crippen molar-refractivity contribution in [2.45, 2.75) is 63.2 Å². The number of nitriles is 1. The first-order valence-electron chi connectivity index (χ1n) is 7.57. The van der Waals surface area contributed by atoms with E-state index in [1.54, 1.807) is 0 Å². The van der Waals surface area contributed by atoms with Gasteiger partial charge in [-0.2, -0.15) is 5.26 Å². The van der Waals surface area contributed by atoms with Gasteiger partial charge in [0.05, 0.1) is 6.07 Å². The van der Waals surface area contributed by atoms with Crippen LogP contribution in [0.3, 0.4) is 0 Å². The van der Waals surface area contributed by atoms with Crippen LogP contribution in [0.2, 0.25) is 0 Å². The topological polar surface area (TPSA) is 42.3 Å². The average molecular weight is 264 g/mol. The fourth-order valence-corrected chi connectivity index (χ4v) is 3.69. The summed E-state index contributed by atoms with van der Waals surface area (Å²) in [5.74, 6) is 0. The van der Waals surface area contributed by atoms with Gasteiger partial charge in [0.2, 0.25) is 0 Å². The van der Waals surface area contributed by atoms with Gasteiger partial charge in [-0.3, -0.25) is 9.80 Å². The molecule has 1 aliphatic heterocycles. The molecule has 1 heterocycles. The molecule has 4 atom stereocenters. The zero-order valence-corrected chi connectivity index (χ0v) is 12.8. The summed E-state index contributed by atoms with van der Waals surface area (Å²) in [7, 11) is 4.15. The van der Waals surface area contributed by atoms with E-state index in [1.807, 2.05) is 7.05 Å². The van der Waals surface area contributed by atoms with Gasteiger partial charge in [-0.15, -0.1) is 0 Å². The van der Waals surface area contributed by atoms with Crippen LogP contribution in [0.15, 0.2) is 0 Å². The van der Waals surface area contributed by atoms with E-state index in [4.69, 9.17) is 0 Å². The monoisotopic (exact) mass is 264 g/mol. The van der Waals surface area contributed by atoms with E-state index in [-0.39, 0.29) is 5.54 Å². The molecule has 1 N–H and O–H groups in total. The summed E-state index contributed by atoms with van der Waals surface area (Å²) in [4.78, 5) is 5.09. The van der Waals surface area contributed by atoms with Crippen LogP contribution in [-0.2, 0) is 0 Å². The Labute approximate surface area is 117 Å². The summed E-state index contributed by atoms with van der Waals surface area (Å²) in [5, 5.41) is 12.7. The number of hydrogen-bond donors (Lipinski definition) is 1.